The van der Waals surface area contributed by atoms with Crippen LogP contribution in [-0.4, -0.2) is 9.55 Å². The van der Waals surface area contributed by atoms with Crippen molar-refractivity contribution in [1.29, 1.82) is 0 Å². The van der Waals surface area contributed by atoms with E-state index in [4.69, 9.17) is 0 Å². The molecule has 1 aliphatic rings. The molecule has 0 radical (unpaired) electrons. The van der Waals surface area contributed by atoms with Crippen molar-refractivity contribution in [3.05, 3.63) is 42.5 Å². The highest BCUT2D eigenvalue weighted by Crippen LogP contribution is 2.04. The highest BCUT2D eigenvalue weighted by molar-refractivity contribution is 5.52. The normalized spacial score (nSPS) is 14.2. The van der Waals surface area contributed by atoms with Gasteiger partial charge in [0.25, 0.3) is 0 Å². The first kappa shape index (κ1) is 6.16. The first-order valence-electron chi connectivity index (χ1n) is 3.50. The zero-order valence-corrected chi connectivity index (χ0v) is 6.01. The minimum Gasteiger partial charge on any atom is -0.306 e. The molecule has 2 heterocycles. The van der Waals surface area contributed by atoms with Crippen molar-refractivity contribution in [3.8, 4) is 0 Å². The van der Waals surface area contributed by atoms with Crippen molar-refractivity contribution >= 4 is 12.3 Å². The maximum absolute atomic E-state index is 4.02. The van der Waals surface area contributed by atoms with E-state index in [2.05, 4.69) is 4.98 Å². The van der Waals surface area contributed by atoms with Crippen LogP contribution in [0.1, 0.15) is 5.69 Å². The van der Waals surface area contributed by atoms with E-state index in [0.29, 0.717) is 0 Å². The van der Waals surface area contributed by atoms with Gasteiger partial charge in [-0.2, -0.15) is 0 Å². The Morgan fingerprint density at radius 3 is 3.00 bits per heavy atom. The fraction of sp³-hybridized carbons (Fsp3) is 0. The Hall–Kier alpha value is -1.57. The van der Waals surface area contributed by atoms with Crippen LogP contribution >= 0.6 is 0 Å². The zero-order chi connectivity index (χ0) is 7.52. The van der Waals surface area contributed by atoms with Gasteiger partial charge >= 0.3 is 0 Å². The van der Waals surface area contributed by atoms with Crippen molar-refractivity contribution in [2.45, 2.75) is 0 Å². The van der Waals surface area contributed by atoms with Gasteiger partial charge in [-0.1, -0.05) is 18.2 Å². The maximum Gasteiger partial charge on any atom is 0.0991 e. The smallest absolute Gasteiger partial charge is 0.0991 e. The molecule has 0 fully saturated rings. The number of nitrogens with zero attached hydrogens (tertiary/aromatic N) is 2. The van der Waals surface area contributed by atoms with Gasteiger partial charge in [-0.05, 0) is 12.2 Å². The van der Waals surface area contributed by atoms with Crippen LogP contribution in [0.3, 0.4) is 0 Å². The van der Waals surface area contributed by atoms with E-state index in [9.17, 15) is 0 Å². The SMILES string of the molecule is C1=CC=Cn2cncc2C=C1. The van der Waals surface area contributed by atoms with E-state index in [1.54, 1.807) is 6.33 Å². The Bertz CT molecular complexity index is 299. The number of allylic oxidation sites excluding steroid dienone is 4. The third-order valence-electron chi connectivity index (χ3n) is 1.54. The molecule has 0 N–H and O–H groups in total. The number of imidazole rings is 1. The molecule has 0 spiro atoms. The van der Waals surface area contributed by atoms with Gasteiger partial charge in [0, 0.05) is 6.20 Å². The first-order valence-corrected chi connectivity index (χ1v) is 3.50. The van der Waals surface area contributed by atoms with Crippen molar-refractivity contribution in [1.82, 2.24) is 9.55 Å². The first-order chi connectivity index (χ1) is 5.47. The van der Waals surface area contributed by atoms with Crippen LogP contribution in [0.2, 0.25) is 0 Å². The zero-order valence-electron chi connectivity index (χ0n) is 6.01. The monoisotopic (exact) mass is 144 g/mol. The summed E-state index contributed by atoms with van der Waals surface area (Å²) in [6.07, 6.45) is 15.6. The third kappa shape index (κ3) is 1.15. The molecular weight excluding hydrogens is 136 g/mol. The number of hydrogen-bond acceptors (Lipinski definition) is 1. The molecule has 0 atom stereocenters. The molecule has 1 aliphatic heterocycles. The Kier molecular flexibility index (Phi) is 1.44. The number of rotatable bonds is 0. The fourth-order valence-corrected chi connectivity index (χ4v) is 0.993. The lowest BCUT2D eigenvalue weighted by atomic mass is 10.3. The summed E-state index contributed by atoms with van der Waals surface area (Å²) in [6.45, 7) is 0. The van der Waals surface area contributed by atoms with Crippen LogP contribution in [0, 0.1) is 0 Å². The summed E-state index contributed by atoms with van der Waals surface area (Å²) in [4.78, 5) is 4.02. The van der Waals surface area contributed by atoms with Gasteiger partial charge in [0.1, 0.15) is 0 Å². The summed E-state index contributed by atoms with van der Waals surface area (Å²) in [6, 6.07) is 0. The van der Waals surface area contributed by atoms with Gasteiger partial charge in [0.15, 0.2) is 0 Å². The lowest BCUT2D eigenvalue weighted by Gasteiger charge is -1.96. The molecule has 0 aromatic carbocycles. The van der Waals surface area contributed by atoms with E-state index in [-0.39, 0.29) is 0 Å². The van der Waals surface area contributed by atoms with Gasteiger partial charge in [-0.25, -0.2) is 4.98 Å². The summed E-state index contributed by atoms with van der Waals surface area (Å²) in [5.41, 5.74) is 1.10. The van der Waals surface area contributed by atoms with Crippen molar-refractivity contribution < 1.29 is 0 Å². The highest BCUT2D eigenvalue weighted by Gasteiger charge is 1.92. The fourth-order valence-electron chi connectivity index (χ4n) is 0.993. The number of fused-ring (bicyclic) bond motifs is 1. The third-order valence-corrected chi connectivity index (χ3v) is 1.54. The molecule has 0 bridgehead atoms. The molecule has 0 unspecified atom stereocenters. The van der Waals surface area contributed by atoms with Crippen LogP contribution < -0.4 is 0 Å². The largest absolute Gasteiger partial charge is 0.306 e. The molecule has 54 valence electrons. The predicted molar refractivity (Wildman–Crippen MR) is 45.7 cm³/mol. The second-order valence-corrected chi connectivity index (χ2v) is 2.31. The minimum absolute atomic E-state index is 1.10. The van der Waals surface area contributed by atoms with Crippen molar-refractivity contribution in [2.75, 3.05) is 0 Å². The molecule has 0 saturated heterocycles. The lowest BCUT2D eigenvalue weighted by molar-refractivity contribution is 1.12. The molecule has 1 aromatic heterocycles. The molecule has 1 aromatic rings. The van der Waals surface area contributed by atoms with Crippen molar-refractivity contribution in [2.24, 2.45) is 0 Å². The summed E-state index contributed by atoms with van der Waals surface area (Å²) in [5, 5.41) is 0. The van der Waals surface area contributed by atoms with E-state index in [1.165, 1.54) is 0 Å². The maximum atomic E-state index is 4.02. The van der Waals surface area contributed by atoms with Crippen LogP contribution in [-0.2, 0) is 0 Å². The molecule has 2 nitrogen and oxygen atoms in total. The van der Waals surface area contributed by atoms with Gasteiger partial charge in [0.2, 0.25) is 0 Å². The second kappa shape index (κ2) is 2.58. The van der Waals surface area contributed by atoms with Crippen LogP contribution in [0.5, 0.6) is 0 Å². The van der Waals surface area contributed by atoms with Crippen LogP contribution in [0.25, 0.3) is 12.3 Å². The summed E-state index contributed by atoms with van der Waals surface area (Å²) in [5.74, 6) is 0. The average molecular weight is 144 g/mol. The van der Waals surface area contributed by atoms with E-state index < -0.39 is 0 Å². The minimum atomic E-state index is 1.10. The Balaban J connectivity index is 2.52. The van der Waals surface area contributed by atoms with Gasteiger partial charge in [0.05, 0.1) is 18.2 Å². The Morgan fingerprint density at radius 2 is 2.00 bits per heavy atom. The topological polar surface area (TPSA) is 17.8 Å². The summed E-state index contributed by atoms with van der Waals surface area (Å²) >= 11 is 0. The molecule has 2 rings (SSSR count). The molecule has 0 amide bonds. The predicted octanol–water partition coefficient (Wildman–Crippen LogP) is 1.94. The van der Waals surface area contributed by atoms with E-state index in [1.807, 2.05) is 47.3 Å². The van der Waals surface area contributed by atoms with Crippen LogP contribution in [0.4, 0.5) is 0 Å². The van der Waals surface area contributed by atoms with Crippen LogP contribution in [0.15, 0.2) is 36.8 Å². The van der Waals surface area contributed by atoms with Gasteiger partial charge < -0.3 is 4.57 Å². The van der Waals surface area contributed by atoms with Crippen molar-refractivity contribution in [3.63, 3.8) is 0 Å². The quantitative estimate of drug-likeness (QED) is 0.544. The number of aromatic nitrogens is 2. The number of hydrogen-bond donors (Lipinski definition) is 0. The summed E-state index contributed by atoms with van der Waals surface area (Å²) in [7, 11) is 0. The molecule has 0 saturated carbocycles. The Morgan fingerprint density at radius 1 is 1.09 bits per heavy atom. The second-order valence-electron chi connectivity index (χ2n) is 2.31. The Labute approximate surface area is 65.2 Å². The molecule has 0 aliphatic carbocycles. The highest BCUT2D eigenvalue weighted by atomic mass is 15.0. The van der Waals surface area contributed by atoms with E-state index >= 15 is 0 Å². The van der Waals surface area contributed by atoms with Gasteiger partial charge in [-0.3, -0.25) is 0 Å². The standard InChI is InChI=1S/C9H8N2/c1-2-4-6-11-8-10-7-9(11)5-3-1/h1-8H. The van der Waals surface area contributed by atoms with E-state index in [0.717, 1.165) is 5.69 Å². The van der Waals surface area contributed by atoms with Gasteiger partial charge in [-0.15, -0.1) is 0 Å². The molecule has 2 heteroatoms. The molecule has 11 heavy (non-hydrogen) atoms. The average Bonchev–Trinajstić information content (AvgIpc) is 2.35. The summed E-state index contributed by atoms with van der Waals surface area (Å²) < 4.78 is 1.97. The molecular formula is C9H8N2. The lowest BCUT2D eigenvalue weighted by Crippen LogP contribution is -1.86.